The predicted octanol–water partition coefficient (Wildman–Crippen LogP) is 6.60. The minimum absolute atomic E-state index is 0.109. The average molecular weight is 366 g/mol. The Hall–Kier alpha value is -2.04. The topological polar surface area (TPSA) is 24.4 Å². The van der Waals surface area contributed by atoms with E-state index >= 15 is 0 Å². The van der Waals surface area contributed by atoms with E-state index in [1.54, 1.807) is 12.1 Å². The predicted molar refractivity (Wildman–Crippen MR) is 105 cm³/mol. The van der Waals surface area contributed by atoms with Gasteiger partial charge in [-0.15, -0.1) is 0 Å². The number of hydrogen-bond donors (Lipinski definition) is 1. The van der Waals surface area contributed by atoms with Crippen LogP contribution in [0.1, 0.15) is 64.0 Å². The lowest BCUT2D eigenvalue weighted by Gasteiger charge is -2.17. The number of nitrogens with one attached hydrogen (secondary N) is 1. The van der Waals surface area contributed by atoms with Crippen molar-refractivity contribution in [1.82, 2.24) is 5.32 Å². The molecule has 0 aliphatic rings. The molecular formula is C21H29F3N2. The average Bonchev–Trinajstić information content (AvgIpc) is 2.58. The van der Waals surface area contributed by atoms with Gasteiger partial charge in [-0.1, -0.05) is 70.5 Å². The normalized spacial score (nSPS) is 13.4. The third-order valence-corrected chi connectivity index (χ3v) is 4.16. The highest BCUT2D eigenvalue weighted by Crippen LogP contribution is 2.24. The number of aliphatic imine (C=N–C) groups is 1. The summed E-state index contributed by atoms with van der Waals surface area (Å²) in [6.07, 6.45) is 0.0471. The Bertz CT molecular complexity index is 628. The third-order valence-electron chi connectivity index (χ3n) is 4.16. The molecule has 144 valence electrons. The maximum atomic E-state index is 12.8. The van der Waals surface area contributed by atoms with Gasteiger partial charge in [-0.25, -0.2) is 4.99 Å². The molecule has 0 heterocycles. The van der Waals surface area contributed by atoms with Gasteiger partial charge in [0.1, 0.15) is 5.71 Å². The van der Waals surface area contributed by atoms with Gasteiger partial charge < -0.3 is 5.32 Å². The summed E-state index contributed by atoms with van der Waals surface area (Å²) < 4.78 is 38.4. The van der Waals surface area contributed by atoms with Crippen LogP contribution in [0.2, 0.25) is 0 Å². The zero-order valence-corrected chi connectivity index (χ0v) is 15.9. The molecule has 5 heteroatoms. The standard InChI is InChI=1S/C21H29F3N2/c1-6-8-9-10-15(3)25-16(4)18-11-13-19(14-12-18)17(5)26-20(7-2)21(22,23)24/h11-15,25H,4-10H2,1-3H3/t15-/m1/s1. The number of hydrogen-bond acceptors (Lipinski definition) is 2. The Morgan fingerprint density at radius 1 is 1.08 bits per heavy atom. The Morgan fingerprint density at radius 3 is 2.15 bits per heavy atom. The van der Waals surface area contributed by atoms with Crippen molar-refractivity contribution in [1.29, 1.82) is 0 Å². The summed E-state index contributed by atoms with van der Waals surface area (Å²) in [5.41, 5.74) is 1.56. The Balaban J connectivity index is 2.74. The minimum atomic E-state index is -4.43. The van der Waals surface area contributed by atoms with Gasteiger partial charge in [0.2, 0.25) is 0 Å². The molecule has 1 N–H and O–H groups in total. The highest BCUT2D eigenvalue weighted by molar-refractivity contribution is 5.93. The molecule has 0 spiro atoms. The number of unbranched alkanes of at least 4 members (excludes halogenated alkanes) is 2. The second kappa shape index (κ2) is 10.2. The van der Waals surface area contributed by atoms with Crippen molar-refractivity contribution in [2.45, 2.75) is 65.1 Å². The zero-order chi connectivity index (χ0) is 19.7. The van der Waals surface area contributed by atoms with Gasteiger partial charge in [0.15, 0.2) is 0 Å². The van der Waals surface area contributed by atoms with Gasteiger partial charge in [0.25, 0.3) is 0 Å². The fraction of sp³-hybridized carbons (Fsp3) is 0.476. The first-order valence-corrected chi connectivity index (χ1v) is 9.08. The van der Waals surface area contributed by atoms with Crippen molar-refractivity contribution in [3.05, 3.63) is 48.6 Å². The van der Waals surface area contributed by atoms with Gasteiger partial charge in [-0.05, 0) is 30.9 Å². The van der Waals surface area contributed by atoms with Gasteiger partial charge in [-0.3, -0.25) is 0 Å². The first-order valence-electron chi connectivity index (χ1n) is 9.08. The van der Waals surface area contributed by atoms with Crippen molar-refractivity contribution in [2.24, 2.45) is 4.99 Å². The lowest BCUT2D eigenvalue weighted by molar-refractivity contribution is -0.0601. The molecule has 1 aromatic rings. The number of alkyl halides is 3. The molecule has 1 atom stereocenters. The molecule has 0 fully saturated rings. The third kappa shape index (κ3) is 7.06. The quantitative estimate of drug-likeness (QED) is 0.366. The summed E-state index contributed by atoms with van der Waals surface area (Å²) in [5, 5.41) is 3.37. The second-order valence-electron chi connectivity index (χ2n) is 6.45. The van der Waals surface area contributed by atoms with Crippen molar-refractivity contribution < 1.29 is 13.2 Å². The van der Waals surface area contributed by atoms with Crippen LogP contribution >= 0.6 is 0 Å². The minimum Gasteiger partial charge on any atom is -0.383 e. The van der Waals surface area contributed by atoms with E-state index in [1.807, 2.05) is 12.1 Å². The first-order chi connectivity index (χ1) is 12.2. The molecule has 0 aromatic heterocycles. The molecule has 0 aliphatic heterocycles. The number of benzene rings is 1. The van der Waals surface area contributed by atoms with E-state index in [0.29, 0.717) is 11.6 Å². The highest BCUT2D eigenvalue weighted by Gasteiger charge is 2.34. The van der Waals surface area contributed by atoms with Gasteiger partial charge >= 0.3 is 6.18 Å². The summed E-state index contributed by atoms with van der Waals surface area (Å²) in [7, 11) is 0. The molecule has 2 nitrogen and oxygen atoms in total. The summed E-state index contributed by atoms with van der Waals surface area (Å²) >= 11 is 0. The summed E-state index contributed by atoms with van der Waals surface area (Å²) in [4.78, 5) is 3.66. The molecule has 26 heavy (non-hydrogen) atoms. The Kier molecular flexibility index (Phi) is 8.62. The van der Waals surface area contributed by atoms with Gasteiger partial charge in [0.05, 0.1) is 5.70 Å². The maximum Gasteiger partial charge on any atom is 0.429 e. The molecule has 0 saturated heterocycles. The molecule has 0 saturated carbocycles. The van der Waals surface area contributed by atoms with Crippen LogP contribution in [-0.4, -0.2) is 17.9 Å². The van der Waals surface area contributed by atoms with E-state index < -0.39 is 11.9 Å². The van der Waals surface area contributed by atoms with Crippen molar-refractivity contribution in [3.63, 3.8) is 0 Å². The smallest absolute Gasteiger partial charge is 0.383 e. The number of rotatable bonds is 10. The molecular weight excluding hydrogens is 337 g/mol. The van der Waals surface area contributed by atoms with Crippen LogP contribution in [0, 0.1) is 0 Å². The molecule has 0 aliphatic carbocycles. The Morgan fingerprint density at radius 2 is 1.65 bits per heavy atom. The lowest BCUT2D eigenvalue weighted by Crippen LogP contribution is -2.23. The maximum absolute atomic E-state index is 12.8. The van der Waals surface area contributed by atoms with E-state index in [0.717, 1.165) is 17.7 Å². The number of halogens is 3. The van der Waals surface area contributed by atoms with Crippen molar-refractivity contribution >= 4 is 17.1 Å². The van der Waals surface area contributed by atoms with E-state index in [4.69, 9.17) is 0 Å². The van der Waals surface area contributed by atoms with E-state index in [9.17, 15) is 13.2 Å². The van der Waals surface area contributed by atoms with E-state index in [2.05, 4.69) is 37.3 Å². The number of nitrogens with zero attached hydrogens (tertiary/aromatic N) is 1. The SMILES string of the molecule is C=C(N=C(CC)C(F)(F)F)c1ccc(C(=C)N[C@H](C)CCCCC)cc1. The summed E-state index contributed by atoms with van der Waals surface area (Å²) in [5.74, 6) is 0. The van der Waals surface area contributed by atoms with Crippen molar-refractivity contribution in [3.8, 4) is 0 Å². The largest absolute Gasteiger partial charge is 0.429 e. The van der Waals surface area contributed by atoms with Crippen LogP contribution in [0.15, 0.2) is 42.4 Å². The lowest BCUT2D eigenvalue weighted by atomic mass is 10.1. The van der Waals surface area contributed by atoms with Crippen LogP contribution in [0.5, 0.6) is 0 Å². The van der Waals surface area contributed by atoms with Gasteiger partial charge in [0, 0.05) is 11.7 Å². The van der Waals surface area contributed by atoms with Crippen LogP contribution in [-0.2, 0) is 0 Å². The van der Waals surface area contributed by atoms with E-state index in [-0.39, 0.29) is 12.1 Å². The Labute approximate surface area is 154 Å². The van der Waals surface area contributed by atoms with Crippen molar-refractivity contribution in [2.75, 3.05) is 0 Å². The summed E-state index contributed by atoms with van der Waals surface area (Å²) in [6.45, 7) is 13.4. The highest BCUT2D eigenvalue weighted by atomic mass is 19.4. The second-order valence-corrected chi connectivity index (χ2v) is 6.45. The first kappa shape index (κ1) is 22.0. The molecule has 1 aromatic carbocycles. The zero-order valence-electron chi connectivity index (χ0n) is 15.9. The van der Waals surface area contributed by atoms with Crippen LogP contribution in [0.3, 0.4) is 0 Å². The van der Waals surface area contributed by atoms with Crippen LogP contribution in [0.25, 0.3) is 11.4 Å². The molecule has 0 bridgehead atoms. The van der Waals surface area contributed by atoms with Crippen LogP contribution in [0.4, 0.5) is 13.2 Å². The van der Waals surface area contributed by atoms with Gasteiger partial charge in [-0.2, -0.15) is 13.2 Å². The fourth-order valence-electron chi connectivity index (χ4n) is 2.59. The summed E-state index contributed by atoms with van der Waals surface area (Å²) in [6, 6.07) is 7.41. The van der Waals surface area contributed by atoms with E-state index in [1.165, 1.54) is 26.2 Å². The molecule has 0 amide bonds. The fourth-order valence-corrected chi connectivity index (χ4v) is 2.59. The monoisotopic (exact) mass is 366 g/mol. The molecule has 0 radical (unpaired) electrons. The molecule has 1 rings (SSSR count). The molecule has 0 unspecified atom stereocenters. The van der Waals surface area contributed by atoms with Crippen LogP contribution < -0.4 is 5.32 Å².